The Labute approximate surface area is 165 Å². The first-order chi connectivity index (χ1) is 13.7. The zero-order chi connectivity index (χ0) is 19.8. The van der Waals surface area contributed by atoms with Gasteiger partial charge in [0.1, 0.15) is 0 Å². The molecule has 1 radical (unpaired) electrons. The van der Waals surface area contributed by atoms with Gasteiger partial charge in [-0.3, -0.25) is 0 Å². The first-order valence-corrected chi connectivity index (χ1v) is 10.7. The van der Waals surface area contributed by atoms with Crippen molar-refractivity contribution in [1.29, 1.82) is 0 Å². The van der Waals surface area contributed by atoms with E-state index in [-0.39, 0.29) is 12.5 Å². The Balaban J connectivity index is 1.93. The molecule has 0 aliphatic rings. The first kappa shape index (κ1) is 19.7. The van der Waals surface area contributed by atoms with Crippen LogP contribution in [-0.2, 0) is 0 Å². The molecule has 137 valence electrons. The molecule has 0 bridgehead atoms. The molecular weight excluding hydrogens is 366 g/mol. The van der Waals surface area contributed by atoms with Crippen molar-refractivity contribution in [2.75, 3.05) is 13.1 Å². The maximum atomic E-state index is 12.2. The molecule has 0 aliphatic heterocycles. The van der Waals surface area contributed by atoms with Crippen molar-refractivity contribution in [2.24, 2.45) is 5.11 Å². The number of benzene rings is 3. The van der Waals surface area contributed by atoms with Crippen molar-refractivity contribution < 1.29 is 4.79 Å². The van der Waals surface area contributed by atoms with E-state index >= 15 is 0 Å². The minimum atomic E-state index is -2.29. The number of amides is 1. The Morgan fingerprint density at radius 1 is 0.893 bits per heavy atom. The zero-order valence-electron chi connectivity index (χ0n) is 15.3. The summed E-state index contributed by atoms with van der Waals surface area (Å²) in [5, 5.41) is 9.28. The molecule has 0 aliphatic carbocycles. The van der Waals surface area contributed by atoms with Crippen LogP contribution < -0.4 is 21.2 Å². The Morgan fingerprint density at radius 3 is 1.89 bits per heavy atom. The number of carbonyl (C=O) groups excluding carboxylic acids is 1. The number of azide groups is 1. The van der Waals surface area contributed by atoms with Gasteiger partial charge in [0, 0.05) is 0 Å². The van der Waals surface area contributed by atoms with Gasteiger partial charge in [-0.05, 0) is 0 Å². The molecule has 1 amide bonds. The van der Waals surface area contributed by atoms with Crippen LogP contribution in [0.25, 0.3) is 10.4 Å². The Bertz CT molecular complexity index is 990. The van der Waals surface area contributed by atoms with Crippen molar-refractivity contribution in [3.05, 3.63) is 101 Å². The predicted molar refractivity (Wildman–Crippen MR) is 117 cm³/mol. The van der Waals surface area contributed by atoms with Crippen molar-refractivity contribution >= 4 is 35.8 Å². The molecule has 0 saturated carbocycles. The van der Waals surface area contributed by atoms with Crippen molar-refractivity contribution in [2.45, 2.75) is 0 Å². The van der Waals surface area contributed by atoms with E-state index in [1.54, 1.807) is 12.1 Å². The quantitative estimate of drug-likeness (QED) is 0.166. The van der Waals surface area contributed by atoms with Crippen LogP contribution in [-0.4, -0.2) is 26.2 Å². The third-order valence-electron chi connectivity index (χ3n) is 4.42. The second-order valence-electron chi connectivity index (χ2n) is 6.15. The molecule has 0 fully saturated rings. The Kier molecular flexibility index (Phi) is 6.49. The molecule has 0 spiro atoms. The van der Waals surface area contributed by atoms with Gasteiger partial charge < -0.3 is 5.53 Å². The van der Waals surface area contributed by atoms with Gasteiger partial charge in [-0.2, -0.15) is 0 Å². The van der Waals surface area contributed by atoms with Crippen LogP contribution in [0.4, 0.5) is 0 Å². The monoisotopic (exact) mass is 385 g/mol. The van der Waals surface area contributed by atoms with Gasteiger partial charge in [0.2, 0.25) is 0 Å². The third-order valence-corrected chi connectivity index (χ3v) is 7.76. The zero-order valence-corrected chi connectivity index (χ0v) is 16.2. The molecule has 3 aromatic rings. The molecule has 5 nitrogen and oxygen atoms in total. The van der Waals surface area contributed by atoms with E-state index in [1.165, 1.54) is 0 Å². The fourth-order valence-electron chi connectivity index (χ4n) is 2.99. The molecule has 1 N–H and O–H groups in total. The van der Waals surface area contributed by atoms with Crippen LogP contribution in [0.2, 0.25) is 0 Å². The second kappa shape index (κ2) is 9.23. The summed E-state index contributed by atoms with van der Waals surface area (Å²) in [4.78, 5) is 14.9. The average Bonchev–Trinajstić information content (AvgIpc) is 2.77. The van der Waals surface area contributed by atoms with E-state index in [0.717, 1.165) is 15.9 Å². The average molecular weight is 385 g/mol. The van der Waals surface area contributed by atoms with Crippen LogP contribution in [0.3, 0.4) is 0 Å². The number of nitrogens with zero attached hydrogens (tertiary/aromatic N) is 3. The van der Waals surface area contributed by atoms with E-state index in [1.807, 2.05) is 48.5 Å². The molecular formula is C21H19BN4OP. The summed E-state index contributed by atoms with van der Waals surface area (Å²) in [5.41, 5.74) is 8.82. The van der Waals surface area contributed by atoms with Crippen LogP contribution in [0.5, 0.6) is 0 Å². The molecule has 3 rings (SSSR count). The Morgan fingerprint density at radius 2 is 1.39 bits per heavy atom. The molecule has 0 aromatic heterocycles. The summed E-state index contributed by atoms with van der Waals surface area (Å²) < 4.78 is 0. The molecule has 0 atom stereocenters. The van der Waals surface area contributed by atoms with E-state index in [4.69, 9.17) is 12.7 Å². The second-order valence-corrected chi connectivity index (χ2v) is 9.15. The van der Waals surface area contributed by atoms with Crippen LogP contribution in [0, 0.1) is 0 Å². The number of carbonyl (C=O) groups is 1. The summed E-state index contributed by atoms with van der Waals surface area (Å²) in [6.07, 6.45) is 0. The van der Waals surface area contributed by atoms with Gasteiger partial charge >= 0.3 is 159 Å². The molecule has 3 aromatic carbocycles. The normalized spacial score (nSPS) is 10.7. The van der Waals surface area contributed by atoms with E-state index in [2.05, 4.69) is 39.6 Å². The SMILES string of the molecule is [B]=P(c1ccccc1)(c1ccccc1)c1ccc(C(=O)NCCN=[N+]=[N-])cc1. The van der Waals surface area contributed by atoms with Gasteiger partial charge in [-0.1, -0.05) is 0 Å². The molecule has 0 saturated heterocycles. The van der Waals surface area contributed by atoms with Crippen LogP contribution in [0.1, 0.15) is 10.4 Å². The van der Waals surface area contributed by atoms with Crippen molar-refractivity contribution in [3.63, 3.8) is 0 Å². The number of hydrogen-bond donors (Lipinski definition) is 1. The Hall–Kier alpha value is -3.07. The summed E-state index contributed by atoms with van der Waals surface area (Å²) >= 11 is 0. The molecule has 0 heterocycles. The topological polar surface area (TPSA) is 77.9 Å². The summed E-state index contributed by atoms with van der Waals surface area (Å²) in [5.74, 6) is -0.208. The number of hydrogen-bond acceptors (Lipinski definition) is 2. The van der Waals surface area contributed by atoms with Gasteiger partial charge in [0.15, 0.2) is 0 Å². The third kappa shape index (κ3) is 4.25. The van der Waals surface area contributed by atoms with Gasteiger partial charge in [-0.25, -0.2) is 0 Å². The van der Waals surface area contributed by atoms with Crippen molar-refractivity contribution in [1.82, 2.24) is 5.32 Å². The van der Waals surface area contributed by atoms with E-state index in [9.17, 15) is 4.79 Å². The minimum absolute atomic E-state index is 0.208. The fourth-order valence-corrected chi connectivity index (χ4v) is 5.79. The predicted octanol–water partition coefficient (Wildman–Crippen LogP) is 3.10. The number of rotatable bonds is 7. The molecule has 0 unspecified atom stereocenters. The maximum absolute atomic E-state index is 12.2. The van der Waals surface area contributed by atoms with Crippen molar-refractivity contribution in [3.8, 4) is 0 Å². The van der Waals surface area contributed by atoms with Gasteiger partial charge in [0.25, 0.3) is 0 Å². The summed E-state index contributed by atoms with van der Waals surface area (Å²) in [7, 11) is 7.07. The standard InChI is InChI=1S/C21H19BN4OP/c22-28(18-7-3-1-4-8-18,19-9-5-2-6-10-19)20-13-11-17(12-14-20)21(27)24-15-16-25-26-23/h1-14H,15-16H2,(H,24,27). The summed E-state index contributed by atoms with van der Waals surface area (Å²) in [6, 6.07) is 27.5. The molecule has 28 heavy (non-hydrogen) atoms. The first-order valence-electron chi connectivity index (χ1n) is 8.85. The van der Waals surface area contributed by atoms with Gasteiger partial charge in [-0.15, -0.1) is 0 Å². The fraction of sp³-hybridized carbons (Fsp3) is 0.0952. The van der Waals surface area contributed by atoms with Crippen LogP contribution >= 0.6 is 6.75 Å². The number of nitrogens with one attached hydrogen (secondary N) is 1. The van der Waals surface area contributed by atoms with Crippen LogP contribution in [0.15, 0.2) is 90.0 Å². The summed E-state index contributed by atoms with van der Waals surface area (Å²) in [6.45, 7) is -1.77. The van der Waals surface area contributed by atoms with E-state index < -0.39 is 6.75 Å². The van der Waals surface area contributed by atoms with Gasteiger partial charge in [0.05, 0.1) is 0 Å². The molecule has 7 heteroatoms. The van der Waals surface area contributed by atoms with E-state index in [0.29, 0.717) is 12.1 Å².